The molecule has 9 heteroatoms. The molecule has 3 fully saturated rings. The zero-order valence-electron chi connectivity index (χ0n) is 20.6. The van der Waals surface area contributed by atoms with E-state index in [4.69, 9.17) is 11.6 Å². The summed E-state index contributed by atoms with van der Waals surface area (Å²) in [4.78, 5) is 27.2. The summed E-state index contributed by atoms with van der Waals surface area (Å²) >= 11 is 5.79. The van der Waals surface area contributed by atoms with Gasteiger partial charge in [0.1, 0.15) is 0 Å². The number of benzene rings is 1. The van der Waals surface area contributed by atoms with Crippen LogP contribution in [0.2, 0.25) is 5.02 Å². The maximum absolute atomic E-state index is 14.6. The fourth-order valence-electron chi connectivity index (χ4n) is 8.34. The van der Waals surface area contributed by atoms with Crippen LogP contribution in [-0.4, -0.2) is 29.8 Å². The lowest BCUT2D eigenvalue weighted by Crippen LogP contribution is -2.60. The quantitative estimate of drug-likeness (QED) is 0.428. The molecule has 0 aromatic heterocycles. The van der Waals surface area contributed by atoms with E-state index >= 15 is 0 Å². The topological polar surface area (TPSA) is 49.4 Å². The second-order valence-corrected chi connectivity index (χ2v) is 12.0. The van der Waals surface area contributed by atoms with Crippen LogP contribution in [0.15, 0.2) is 30.1 Å². The Kier molecular flexibility index (Phi) is 6.01. The van der Waals surface area contributed by atoms with E-state index in [0.29, 0.717) is 6.42 Å². The first-order valence-corrected chi connectivity index (χ1v) is 13.0. The van der Waals surface area contributed by atoms with Crippen molar-refractivity contribution in [3.05, 3.63) is 40.7 Å². The summed E-state index contributed by atoms with van der Waals surface area (Å²) in [6.07, 6.45) is 1.50. The largest absolute Gasteiger partial charge is 0.418 e. The van der Waals surface area contributed by atoms with Crippen LogP contribution in [0.5, 0.6) is 0 Å². The summed E-state index contributed by atoms with van der Waals surface area (Å²) in [5.41, 5.74) is -2.05. The number of likely N-dealkylation sites (N-methyl/N-ethyl adjacent to an activating group) is 1. The zero-order chi connectivity index (χ0) is 26.2. The average Bonchev–Trinajstić information content (AvgIpc) is 3.15. The van der Waals surface area contributed by atoms with Gasteiger partial charge in [-0.25, -0.2) is 4.39 Å². The molecule has 1 N–H and O–H groups in total. The highest BCUT2D eigenvalue weighted by Crippen LogP contribution is 2.65. The van der Waals surface area contributed by atoms with Crippen molar-refractivity contribution < 1.29 is 27.2 Å². The molecule has 1 aromatic rings. The minimum absolute atomic E-state index is 0.0452. The van der Waals surface area contributed by atoms with Crippen molar-refractivity contribution in [3.63, 3.8) is 0 Å². The molecule has 0 spiro atoms. The maximum Gasteiger partial charge on any atom is 0.418 e. The third kappa shape index (κ3) is 3.77. The summed E-state index contributed by atoms with van der Waals surface area (Å²) < 4.78 is 55.3. The minimum Gasteiger partial charge on any atom is -0.336 e. The van der Waals surface area contributed by atoms with Crippen LogP contribution in [0.3, 0.4) is 0 Å². The van der Waals surface area contributed by atoms with Gasteiger partial charge in [-0.3, -0.25) is 9.59 Å². The highest BCUT2D eigenvalue weighted by atomic mass is 35.5. The highest BCUT2D eigenvalue weighted by Gasteiger charge is 2.62. The highest BCUT2D eigenvalue weighted by molar-refractivity contribution is 6.30. The smallest absolute Gasteiger partial charge is 0.336 e. The Balaban J connectivity index is 1.39. The fourth-order valence-corrected chi connectivity index (χ4v) is 8.51. The number of hydrogen-bond donors (Lipinski definition) is 1. The molecule has 36 heavy (non-hydrogen) atoms. The summed E-state index contributed by atoms with van der Waals surface area (Å²) in [6.45, 7) is 4.15. The molecule has 1 aromatic carbocycles. The third-order valence-electron chi connectivity index (χ3n) is 10.0. The first kappa shape index (κ1) is 25.6. The van der Waals surface area contributed by atoms with Crippen molar-refractivity contribution in [3.8, 4) is 0 Å². The first-order valence-electron chi connectivity index (χ1n) is 12.6. The van der Waals surface area contributed by atoms with Crippen molar-refractivity contribution in [2.24, 2.45) is 34.5 Å². The second kappa shape index (κ2) is 8.47. The molecular weight excluding hydrogens is 496 g/mol. The van der Waals surface area contributed by atoms with Gasteiger partial charge in [0.15, 0.2) is 5.83 Å². The number of carbonyl (C=O) groups excluding carboxylic acids is 2. The van der Waals surface area contributed by atoms with Gasteiger partial charge in [-0.15, -0.1) is 0 Å². The number of rotatable bonds is 2. The van der Waals surface area contributed by atoms with Crippen LogP contribution in [-0.2, 0) is 15.8 Å². The number of anilines is 1. The van der Waals surface area contributed by atoms with Gasteiger partial charge in [-0.05, 0) is 86.0 Å². The van der Waals surface area contributed by atoms with Crippen LogP contribution >= 0.6 is 11.6 Å². The molecule has 2 amide bonds. The molecule has 5 rings (SSSR count). The molecule has 0 bridgehead atoms. The van der Waals surface area contributed by atoms with E-state index < -0.39 is 34.8 Å². The van der Waals surface area contributed by atoms with Gasteiger partial charge < -0.3 is 10.2 Å². The number of amides is 2. The fraction of sp³-hybridized carbons (Fsp3) is 0.630. The van der Waals surface area contributed by atoms with Gasteiger partial charge in [0.25, 0.3) is 5.91 Å². The van der Waals surface area contributed by atoms with E-state index in [0.717, 1.165) is 38.2 Å². The van der Waals surface area contributed by atoms with Crippen molar-refractivity contribution in [2.75, 3.05) is 12.4 Å². The van der Waals surface area contributed by atoms with E-state index in [-0.39, 0.29) is 45.8 Å². The van der Waals surface area contributed by atoms with Gasteiger partial charge in [0.2, 0.25) is 5.91 Å². The standard InChI is InChI=1S/C27H31ClF4N2O2/c1-25-11-10-17-15(5-9-22-26(17,2)13-20(29)24(36)34(22)3)16(25)6-7-18(25)23(35)33-21-8-4-14(28)12-19(21)27(30,31)32/h4,8,12-13,15-18,22H,5-7,9-11H2,1-3H3,(H,33,35)/t15-,16-,17-,18+,22+,25-,26+/m0/s1. The number of halogens is 5. The van der Waals surface area contributed by atoms with Crippen molar-refractivity contribution >= 4 is 29.1 Å². The van der Waals surface area contributed by atoms with Gasteiger partial charge in [-0.2, -0.15) is 13.2 Å². The number of nitrogens with one attached hydrogen (secondary N) is 1. The Morgan fingerprint density at radius 1 is 1.11 bits per heavy atom. The van der Waals surface area contributed by atoms with Crippen LogP contribution in [0.1, 0.15) is 57.9 Å². The third-order valence-corrected chi connectivity index (χ3v) is 10.3. The van der Waals surface area contributed by atoms with Crippen molar-refractivity contribution in [1.82, 2.24) is 4.90 Å². The number of fused-ring (bicyclic) bond motifs is 5. The molecule has 1 heterocycles. The molecule has 3 aliphatic carbocycles. The molecule has 196 valence electrons. The molecule has 4 nitrogen and oxygen atoms in total. The summed E-state index contributed by atoms with van der Waals surface area (Å²) in [6, 6.07) is 3.33. The Bertz CT molecular complexity index is 1140. The molecular formula is C27H31ClF4N2O2. The van der Waals surface area contributed by atoms with E-state index in [9.17, 15) is 27.2 Å². The molecule has 4 aliphatic rings. The van der Waals surface area contributed by atoms with E-state index in [2.05, 4.69) is 19.2 Å². The van der Waals surface area contributed by atoms with Crippen LogP contribution in [0.4, 0.5) is 23.2 Å². The Hall–Kier alpha value is -2.09. The molecule has 0 unspecified atom stereocenters. The minimum atomic E-state index is -4.64. The molecule has 0 radical (unpaired) electrons. The van der Waals surface area contributed by atoms with Crippen molar-refractivity contribution in [1.29, 1.82) is 0 Å². The lowest BCUT2D eigenvalue weighted by atomic mass is 9.47. The molecule has 7 atom stereocenters. The van der Waals surface area contributed by atoms with Crippen LogP contribution in [0.25, 0.3) is 0 Å². The van der Waals surface area contributed by atoms with Gasteiger partial charge in [0.05, 0.1) is 11.3 Å². The number of carbonyl (C=O) groups is 2. The summed E-state index contributed by atoms with van der Waals surface area (Å²) in [7, 11) is 1.67. The number of alkyl halides is 3. The van der Waals surface area contributed by atoms with Gasteiger partial charge in [0, 0.05) is 29.4 Å². The summed E-state index contributed by atoms with van der Waals surface area (Å²) in [5, 5.41) is 2.52. The molecule has 0 saturated heterocycles. The second-order valence-electron chi connectivity index (χ2n) is 11.6. The van der Waals surface area contributed by atoms with E-state index in [1.165, 1.54) is 18.2 Å². The Morgan fingerprint density at radius 2 is 1.83 bits per heavy atom. The van der Waals surface area contributed by atoms with Gasteiger partial charge >= 0.3 is 6.18 Å². The molecule has 3 saturated carbocycles. The monoisotopic (exact) mass is 526 g/mol. The number of nitrogens with zero attached hydrogens (tertiary/aromatic N) is 1. The Morgan fingerprint density at radius 3 is 2.53 bits per heavy atom. The first-order chi connectivity index (χ1) is 16.8. The normalized spacial score (nSPS) is 38.1. The van der Waals surface area contributed by atoms with E-state index in [1.54, 1.807) is 11.9 Å². The molecule has 1 aliphatic heterocycles. The zero-order valence-corrected chi connectivity index (χ0v) is 21.3. The Labute approximate surface area is 213 Å². The maximum atomic E-state index is 14.6. The van der Waals surface area contributed by atoms with Crippen LogP contribution < -0.4 is 5.32 Å². The van der Waals surface area contributed by atoms with Gasteiger partial charge in [-0.1, -0.05) is 25.4 Å². The van der Waals surface area contributed by atoms with Crippen molar-refractivity contribution in [2.45, 2.75) is 64.6 Å². The lowest BCUT2D eigenvalue weighted by molar-refractivity contribution is -0.144. The van der Waals surface area contributed by atoms with E-state index in [1.807, 2.05) is 0 Å². The average molecular weight is 527 g/mol. The van der Waals surface area contributed by atoms with Crippen LogP contribution in [0, 0.1) is 34.5 Å². The predicted molar refractivity (Wildman–Crippen MR) is 129 cm³/mol. The number of hydrogen-bond acceptors (Lipinski definition) is 2. The lowest BCUT2D eigenvalue weighted by Gasteiger charge is -2.60. The predicted octanol–water partition coefficient (Wildman–Crippen LogP) is 6.85. The summed E-state index contributed by atoms with van der Waals surface area (Å²) in [5.74, 6) is -1.38. The SMILES string of the molecule is CN1C(=O)C(F)=C[C@]2(C)[C@H]3CC[C@]4(C)[C@@H](C(=O)Nc5ccc(Cl)cc5C(F)(F)F)CC[C@H]4[C@@H]3CC[C@@H]12.